The normalized spacial score (nSPS) is 11.3. The lowest BCUT2D eigenvalue weighted by Gasteiger charge is -2.22. The van der Waals surface area contributed by atoms with Gasteiger partial charge >= 0.3 is 0 Å². The van der Waals surface area contributed by atoms with E-state index in [1.165, 1.54) is 76.8 Å². The SMILES string of the molecule is c1ccc(-c2cc(-c3c4ccccc4c(-c4ccccc4)c4ccccc34)c3ccccc3c2-c2ccccc2)cc1. The van der Waals surface area contributed by atoms with Gasteiger partial charge in [0, 0.05) is 0 Å². The fourth-order valence-corrected chi connectivity index (χ4v) is 6.68. The van der Waals surface area contributed by atoms with Crippen LogP contribution in [0.4, 0.5) is 0 Å². The molecule has 0 saturated carbocycles. The third kappa shape index (κ3) is 3.92. The van der Waals surface area contributed by atoms with Crippen LogP contribution in [0.3, 0.4) is 0 Å². The Kier molecular flexibility index (Phi) is 5.90. The summed E-state index contributed by atoms with van der Waals surface area (Å²) in [6.45, 7) is 0. The lowest BCUT2D eigenvalue weighted by atomic mass is 9.81. The molecule has 196 valence electrons. The number of hydrogen-bond donors (Lipinski definition) is 0. The number of hydrogen-bond acceptors (Lipinski definition) is 0. The van der Waals surface area contributed by atoms with Crippen molar-refractivity contribution < 1.29 is 0 Å². The summed E-state index contributed by atoms with van der Waals surface area (Å²) in [5, 5.41) is 7.61. The highest BCUT2D eigenvalue weighted by Gasteiger charge is 2.21. The molecule has 0 heterocycles. The molecule has 0 fully saturated rings. The molecule has 0 atom stereocenters. The average molecular weight is 533 g/mol. The van der Waals surface area contributed by atoms with Gasteiger partial charge in [0.2, 0.25) is 0 Å². The first-order chi connectivity index (χ1) is 20.9. The zero-order chi connectivity index (χ0) is 27.9. The van der Waals surface area contributed by atoms with Gasteiger partial charge in [-0.1, -0.05) is 164 Å². The van der Waals surface area contributed by atoms with Crippen molar-refractivity contribution in [1.82, 2.24) is 0 Å². The van der Waals surface area contributed by atoms with Gasteiger partial charge in [-0.25, -0.2) is 0 Å². The van der Waals surface area contributed by atoms with Crippen LogP contribution >= 0.6 is 0 Å². The van der Waals surface area contributed by atoms with Crippen LogP contribution in [0.2, 0.25) is 0 Å². The third-order valence-electron chi connectivity index (χ3n) is 8.46. The predicted molar refractivity (Wildman–Crippen MR) is 181 cm³/mol. The molecule has 8 aromatic carbocycles. The zero-order valence-corrected chi connectivity index (χ0v) is 23.2. The van der Waals surface area contributed by atoms with Crippen LogP contribution in [0.1, 0.15) is 0 Å². The Hall–Kier alpha value is -5.46. The second-order valence-corrected chi connectivity index (χ2v) is 10.8. The summed E-state index contributed by atoms with van der Waals surface area (Å²) in [4.78, 5) is 0. The van der Waals surface area contributed by atoms with E-state index in [0.29, 0.717) is 0 Å². The lowest BCUT2D eigenvalue weighted by Crippen LogP contribution is -1.94. The van der Waals surface area contributed by atoms with Crippen molar-refractivity contribution in [2.75, 3.05) is 0 Å². The Morgan fingerprint density at radius 3 is 1.02 bits per heavy atom. The maximum Gasteiger partial charge on any atom is -0.00199 e. The standard InChI is InChI=1S/C42H28/c1-4-16-29(17-5-1)38-28-39(32-22-10-11-23-33(32)41(38)31-20-8-3-9-21-31)42-36-26-14-12-24-34(36)40(30-18-6-2-7-19-30)35-25-13-15-27-37(35)42/h1-28H. The quantitative estimate of drug-likeness (QED) is 0.198. The minimum atomic E-state index is 1.22. The van der Waals surface area contributed by atoms with Gasteiger partial charge in [0.05, 0.1) is 0 Å². The summed E-state index contributed by atoms with van der Waals surface area (Å²) in [7, 11) is 0. The van der Waals surface area contributed by atoms with E-state index >= 15 is 0 Å². The minimum absolute atomic E-state index is 1.22. The van der Waals surface area contributed by atoms with Crippen molar-refractivity contribution in [1.29, 1.82) is 0 Å². The molecule has 0 unspecified atom stereocenters. The van der Waals surface area contributed by atoms with Gasteiger partial charge in [0.25, 0.3) is 0 Å². The third-order valence-corrected chi connectivity index (χ3v) is 8.46. The van der Waals surface area contributed by atoms with E-state index in [4.69, 9.17) is 0 Å². The summed E-state index contributed by atoms with van der Waals surface area (Å²) in [6.07, 6.45) is 0. The van der Waals surface area contributed by atoms with E-state index in [0.717, 1.165) is 0 Å². The van der Waals surface area contributed by atoms with Crippen molar-refractivity contribution in [3.05, 3.63) is 170 Å². The van der Waals surface area contributed by atoms with Crippen molar-refractivity contribution in [3.63, 3.8) is 0 Å². The molecular weight excluding hydrogens is 504 g/mol. The first kappa shape index (κ1) is 24.3. The summed E-state index contributed by atoms with van der Waals surface area (Å²) >= 11 is 0. The number of rotatable bonds is 4. The van der Waals surface area contributed by atoms with Gasteiger partial charge in [-0.3, -0.25) is 0 Å². The number of fused-ring (bicyclic) bond motifs is 3. The van der Waals surface area contributed by atoms with Gasteiger partial charge in [-0.05, 0) is 82.9 Å². The van der Waals surface area contributed by atoms with Gasteiger partial charge < -0.3 is 0 Å². The van der Waals surface area contributed by atoms with E-state index < -0.39 is 0 Å². The molecule has 0 amide bonds. The first-order valence-electron chi connectivity index (χ1n) is 14.5. The first-order valence-corrected chi connectivity index (χ1v) is 14.5. The molecule has 0 aliphatic carbocycles. The summed E-state index contributed by atoms with van der Waals surface area (Å²) in [5.41, 5.74) is 10.0. The van der Waals surface area contributed by atoms with E-state index in [-0.39, 0.29) is 0 Å². The largest absolute Gasteiger partial charge is 0.0622 e. The van der Waals surface area contributed by atoms with Crippen LogP contribution in [0.15, 0.2) is 170 Å². The monoisotopic (exact) mass is 532 g/mol. The molecule has 0 spiro atoms. The number of benzene rings is 8. The summed E-state index contributed by atoms with van der Waals surface area (Å²) in [5.74, 6) is 0. The maximum atomic E-state index is 2.44. The molecule has 0 aliphatic heterocycles. The second kappa shape index (κ2) is 10.2. The molecule has 42 heavy (non-hydrogen) atoms. The van der Waals surface area contributed by atoms with E-state index in [1.54, 1.807) is 0 Å². The highest BCUT2D eigenvalue weighted by molar-refractivity contribution is 6.25. The molecule has 0 aromatic heterocycles. The molecule has 0 radical (unpaired) electrons. The predicted octanol–water partition coefficient (Wildman–Crippen LogP) is 11.8. The minimum Gasteiger partial charge on any atom is -0.0622 e. The molecular formula is C42H28. The molecule has 0 bridgehead atoms. The van der Waals surface area contributed by atoms with Crippen molar-refractivity contribution in [2.45, 2.75) is 0 Å². The Balaban J connectivity index is 1.57. The van der Waals surface area contributed by atoms with Crippen molar-refractivity contribution >= 4 is 32.3 Å². The Labute approximate surface area is 246 Å². The molecule has 8 rings (SSSR count). The fraction of sp³-hybridized carbons (Fsp3) is 0. The van der Waals surface area contributed by atoms with E-state index in [2.05, 4.69) is 170 Å². The maximum absolute atomic E-state index is 2.44. The van der Waals surface area contributed by atoms with Crippen LogP contribution in [-0.2, 0) is 0 Å². The molecule has 0 aliphatic rings. The topological polar surface area (TPSA) is 0 Å². The smallest absolute Gasteiger partial charge is 0.00199 e. The Morgan fingerprint density at radius 2 is 0.548 bits per heavy atom. The molecule has 0 heteroatoms. The fourth-order valence-electron chi connectivity index (χ4n) is 6.68. The summed E-state index contributed by atoms with van der Waals surface area (Å²) < 4.78 is 0. The van der Waals surface area contributed by atoms with Gasteiger partial charge in [0.15, 0.2) is 0 Å². The second-order valence-electron chi connectivity index (χ2n) is 10.8. The van der Waals surface area contributed by atoms with Crippen LogP contribution in [-0.4, -0.2) is 0 Å². The molecule has 0 N–H and O–H groups in total. The average Bonchev–Trinajstić information content (AvgIpc) is 3.07. The van der Waals surface area contributed by atoms with Crippen molar-refractivity contribution in [2.24, 2.45) is 0 Å². The van der Waals surface area contributed by atoms with Crippen LogP contribution in [0.25, 0.3) is 76.8 Å². The van der Waals surface area contributed by atoms with Crippen molar-refractivity contribution in [3.8, 4) is 44.5 Å². The Morgan fingerprint density at radius 1 is 0.214 bits per heavy atom. The highest BCUT2D eigenvalue weighted by atomic mass is 14.2. The lowest BCUT2D eigenvalue weighted by molar-refractivity contribution is 1.60. The molecule has 0 saturated heterocycles. The van der Waals surface area contributed by atoms with Gasteiger partial charge in [-0.15, -0.1) is 0 Å². The molecule has 8 aromatic rings. The van der Waals surface area contributed by atoms with E-state index in [1.807, 2.05) is 0 Å². The van der Waals surface area contributed by atoms with Gasteiger partial charge in [-0.2, -0.15) is 0 Å². The van der Waals surface area contributed by atoms with Crippen LogP contribution in [0, 0.1) is 0 Å². The van der Waals surface area contributed by atoms with Crippen LogP contribution < -0.4 is 0 Å². The Bertz CT molecular complexity index is 2150. The zero-order valence-electron chi connectivity index (χ0n) is 23.2. The van der Waals surface area contributed by atoms with E-state index in [9.17, 15) is 0 Å². The molecule has 0 nitrogen and oxygen atoms in total. The van der Waals surface area contributed by atoms with Crippen LogP contribution in [0.5, 0.6) is 0 Å². The van der Waals surface area contributed by atoms with Gasteiger partial charge in [0.1, 0.15) is 0 Å². The highest BCUT2D eigenvalue weighted by Crippen LogP contribution is 2.48. The summed E-state index contributed by atoms with van der Waals surface area (Å²) in [6, 6.07) is 61.7.